The molecule has 0 unspecified atom stereocenters. The van der Waals surface area contributed by atoms with Gasteiger partial charge in [0.2, 0.25) is 11.4 Å². The molecular weight excluding hydrogens is 488 g/mol. The van der Waals surface area contributed by atoms with Crippen LogP contribution in [0.5, 0.6) is 0 Å². The summed E-state index contributed by atoms with van der Waals surface area (Å²) in [6.45, 7) is 3.42. The Kier molecular flexibility index (Phi) is 7.55. The topological polar surface area (TPSA) is 66.5 Å². The van der Waals surface area contributed by atoms with Crippen LogP contribution in [0.25, 0.3) is 0 Å². The molecule has 1 heterocycles. The van der Waals surface area contributed by atoms with Crippen LogP contribution in [0.15, 0.2) is 35.5 Å². The number of hydrogen-bond acceptors (Lipinski definition) is 3. The average molecular weight is 523 g/mol. The Bertz CT molecular complexity index is 1090. The Balaban J connectivity index is 1.65. The fraction of sp³-hybridized carbons (Fsp3) is 0.607. The van der Waals surface area contributed by atoms with E-state index in [0.29, 0.717) is 12.0 Å². The molecule has 2 amide bonds. The maximum Gasteiger partial charge on any atom is 0.425 e. The molecule has 3 aliphatic rings. The minimum Gasteiger partial charge on any atom is -0.330 e. The molecule has 1 N–H and O–H groups in total. The first-order chi connectivity index (χ1) is 17.3. The standard InChI is InChI=1S/C28H34F4N2O3/c1-26(2)16-21-24(22(35)17-26)27(28(30,31)32,33-23(36)13-10-18-6-4-3-5-7-18)25(37)34(21)15-14-19-8-11-20(29)12-9-19/h8-9,11-12,18H,3-7,10,13-17H2,1-2H3,(H,33,36)/t27-/m0/s1. The summed E-state index contributed by atoms with van der Waals surface area (Å²) in [4.78, 5) is 40.8. The van der Waals surface area contributed by atoms with Gasteiger partial charge in [-0.05, 0) is 48.3 Å². The van der Waals surface area contributed by atoms with E-state index in [1.807, 2.05) is 5.32 Å². The highest BCUT2D eigenvalue weighted by molar-refractivity contribution is 6.13. The van der Waals surface area contributed by atoms with Gasteiger partial charge >= 0.3 is 6.18 Å². The quantitative estimate of drug-likeness (QED) is 0.472. The maximum atomic E-state index is 14.8. The van der Waals surface area contributed by atoms with Gasteiger partial charge in [-0.25, -0.2) is 4.39 Å². The minimum atomic E-state index is -5.20. The van der Waals surface area contributed by atoms with Crippen molar-refractivity contribution in [1.29, 1.82) is 0 Å². The van der Waals surface area contributed by atoms with Crippen LogP contribution in [-0.4, -0.2) is 40.8 Å². The Morgan fingerprint density at radius 3 is 2.32 bits per heavy atom. The molecule has 37 heavy (non-hydrogen) atoms. The van der Waals surface area contributed by atoms with Gasteiger partial charge in [0, 0.05) is 25.1 Å². The first-order valence-electron chi connectivity index (χ1n) is 13.0. The highest BCUT2D eigenvalue weighted by Gasteiger charge is 2.71. The van der Waals surface area contributed by atoms with Crippen LogP contribution in [0.3, 0.4) is 0 Å². The Morgan fingerprint density at radius 1 is 1.05 bits per heavy atom. The monoisotopic (exact) mass is 522 g/mol. The molecule has 1 aliphatic heterocycles. The van der Waals surface area contributed by atoms with E-state index < -0.39 is 46.1 Å². The number of Topliss-reactive ketones (excluding diaryl/α,β-unsaturated/α-hetero) is 1. The van der Waals surface area contributed by atoms with Gasteiger partial charge in [0.1, 0.15) is 5.82 Å². The fourth-order valence-electron chi connectivity index (χ4n) is 6.04. The third kappa shape index (κ3) is 5.46. The number of carbonyl (C=O) groups excluding carboxylic acids is 3. The summed E-state index contributed by atoms with van der Waals surface area (Å²) in [5.74, 6) is -3.16. The molecule has 1 saturated carbocycles. The smallest absolute Gasteiger partial charge is 0.330 e. The highest BCUT2D eigenvalue weighted by atomic mass is 19.4. The van der Waals surface area contributed by atoms with Crippen molar-refractivity contribution >= 4 is 17.6 Å². The minimum absolute atomic E-state index is 0.0262. The zero-order valence-corrected chi connectivity index (χ0v) is 21.3. The van der Waals surface area contributed by atoms with E-state index in [-0.39, 0.29) is 43.8 Å². The van der Waals surface area contributed by atoms with E-state index in [4.69, 9.17) is 0 Å². The van der Waals surface area contributed by atoms with E-state index in [9.17, 15) is 31.9 Å². The van der Waals surface area contributed by atoms with Gasteiger partial charge in [0.25, 0.3) is 5.91 Å². The lowest BCUT2D eigenvalue weighted by Gasteiger charge is -2.35. The Hall–Kier alpha value is -2.71. The van der Waals surface area contributed by atoms with Crippen molar-refractivity contribution < 1.29 is 31.9 Å². The lowest BCUT2D eigenvalue weighted by molar-refractivity contribution is -0.194. The first kappa shape index (κ1) is 27.3. The second-order valence-corrected chi connectivity index (χ2v) is 11.4. The summed E-state index contributed by atoms with van der Waals surface area (Å²) in [5.41, 5.74) is -4.01. The summed E-state index contributed by atoms with van der Waals surface area (Å²) in [6.07, 6.45) is 0.322. The van der Waals surface area contributed by atoms with Crippen LogP contribution in [0.4, 0.5) is 17.6 Å². The zero-order valence-electron chi connectivity index (χ0n) is 21.3. The fourth-order valence-corrected chi connectivity index (χ4v) is 6.04. The molecule has 9 heteroatoms. The molecule has 0 aromatic heterocycles. The molecule has 1 fully saturated rings. The van der Waals surface area contributed by atoms with Crippen molar-refractivity contribution in [2.24, 2.45) is 11.3 Å². The van der Waals surface area contributed by atoms with Crippen molar-refractivity contribution in [3.63, 3.8) is 0 Å². The lowest BCUT2D eigenvalue weighted by atomic mass is 9.72. The molecule has 1 atom stereocenters. The molecule has 4 rings (SSSR count). The van der Waals surface area contributed by atoms with Crippen molar-refractivity contribution in [3.05, 3.63) is 46.9 Å². The Morgan fingerprint density at radius 2 is 1.70 bits per heavy atom. The van der Waals surface area contributed by atoms with Crippen LogP contribution in [0, 0.1) is 17.2 Å². The highest BCUT2D eigenvalue weighted by Crippen LogP contribution is 2.51. The van der Waals surface area contributed by atoms with E-state index in [0.717, 1.165) is 37.0 Å². The van der Waals surface area contributed by atoms with Gasteiger partial charge in [-0.2, -0.15) is 13.2 Å². The van der Waals surface area contributed by atoms with Crippen molar-refractivity contribution in [2.45, 2.75) is 89.8 Å². The molecule has 1 aromatic rings. The molecule has 5 nitrogen and oxygen atoms in total. The number of allylic oxidation sites excluding steroid dienone is 1. The number of halogens is 4. The molecule has 0 bridgehead atoms. The van der Waals surface area contributed by atoms with Crippen LogP contribution in [0.1, 0.15) is 77.2 Å². The molecule has 0 radical (unpaired) electrons. The van der Waals surface area contributed by atoms with Gasteiger partial charge in [0.15, 0.2) is 5.78 Å². The average Bonchev–Trinajstić information content (AvgIpc) is 3.05. The predicted octanol–water partition coefficient (Wildman–Crippen LogP) is 5.63. The second-order valence-electron chi connectivity index (χ2n) is 11.4. The zero-order chi connectivity index (χ0) is 27.0. The van der Waals surface area contributed by atoms with Gasteiger partial charge in [-0.15, -0.1) is 0 Å². The van der Waals surface area contributed by atoms with Crippen molar-refractivity contribution in [3.8, 4) is 0 Å². The first-order valence-corrected chi connectivity index (χ1v) is 13.0. The molecular formula is C28H34F4N2O3. The van der Waals surface area contributed by atoms with Gasteiger partial charge < -0.3 is 10.2 Å². The van der Waals surface area contributed by atoms with E-state index in [1.54, 1.807) is 13.8 Å². The predicted molar refractivity (Wildman–Crippen MR) is 130 cm³/mol. The largest absolute Gasteiger partial charge is 0.425 e. The molecule has 202 valence electrons. The van der Waals surface area contributed by atoms with E-state index >= 15 is 0 Å². The SMILES string of the molecule is CC1(C)CC(=O)C2=C(C1)N(CCc1ccc(F)cc1)C(=O)[C@]2(NC(=O)CCC1CCCCC1)C(F)(F)F. The van der Waals surface area contributed by atoms with Crippen LogP contribution < -0.4 is 5.32 Å². The van der Waals surface area contributed by atoms with Crippen molar-refractivity contribution in [1.82, 2.24) is 10.2 Å². The number of alkyl halides is 3. The summed E-state index contributed by atoms with van der Waals surface area (Å²) < 4.78 is 57.8. The van der Waals surface area contributed by atoms with E-state index in [2.05, 4.69) is 0 Å². The van der Waals surface area contributed by atoms with Crippen LogP contribution >= 0.6 is 0 Å². The van der Waals surface area contributed by atoms with Crippen molar-refractivity contribution in [2.75, 3.05) is 6.54 Å². The third-order valence-corrected chi connectivity index (χ3v) is 7.91. The number of ketones is 1. The summed E-state index contributed by atoms with van der Waals surface area (Å²) in [6, 6.07) is 5.49. The summed E-state index contributed by atoms with van der Waals surface area (Å²) >= 11 is 0. The van der Waals surface area contributed by atoms with Gasteiger partial charge in [-0.3, -0.25) is 14.4 Å². The molecule has 2 aliphatic carbocycles. The van der Waals surface area contributed by atoms with Gasteiger partial charge in [-0.1, -0.05) is 58.1 Å². The number of nitrogens with zero attached hydrogens (tertiary/aromatic N) is 1. The normalized spacial score (nSPS) is 24.4. The molecule has 1 aromatic carbocycles. The number of carbonyl (C=O) groups is 3. The Labute approximate surface area is 214 Å². The third-order valence-electron chi connectivity index (χ3n) is 7.91. The number of nitrogens with one attached hydrogen (secondary N) is 1. The summed E-state index contributed by atoms with van der Waals surface area (Å²) in [5, 5.41) is 2.03. The molecule has 0 spiro atoms. The number of hydrogen-bond donors (Lipinski definition) is 1. The van der Waals surface area contributed by atoms with Gasteiger partial charge in [0.05, 0.1) is 5.57 Å². The summed E-state index contributed by atoms with van der Waals surface area (Å²) in [7, 11) is 0. The number of amides is 2. The molecule has 0 saturated heterocycles. The second kappa shape index (κ2) is 10.2. The van der Waals surface area contributed by atoms with Crippen LogP contribution in [0.2, 0.25) is 0 Å². The lowest BCUT2D eigenvalue weighted by Crippen LogP contribution is -2.66. The number of benzene rings is 1. The van der Waals surface area contributed by atoms with E-state index in [1.165, 1.54) is 24.3 Å². The maximum absolute atomic E-state index is 14.8. The van der Waals surface area contributed by atoms with Crippen LogP contribution in [-0.2, 0) is 20.8 Å². The number of rotatable bonds is 7.